The SMILES string of the molecule is Cc1nn(C)c(C)c1CNC1CCN(C(C)Cc2ccccc2)CC1. The first-order valence-electron chi connectivity index (χ1n) is 9.55. The van der Waals surface area contributed by atoms with Crippen molar-refractivity contribution >= 4 is 0 Å². The maximum Gasteiger partial charge on any atom is 0.0641 e. The van der Waals surface area contributed by atoms with E-state index in [1.807, 2.05) is 11.7 Å². The maximum atomic E-state index is 4.52. The Morgan fingerprint density at radius 1 is 1.16 bits per heavy atom. The van der Waals surface area contributed by atoms with Gasteiger partial charge in [-0.2, -0.15) is 5.10 Å². The van der Waals surface area contributed by atoms with Crippen molar-refractivity contribution in [1.82, 2.24) is 20.0 Å². The summed E-state index contributed by atoms with van der Waals surface area (Å²) < 4.78 is 1.99. The fraction of sp³-hybridized carbons (Fsp3) is 0.571. The summed E-state index contributed by atoms with van der Waals surface area (Å²) in [4.78, 5) is 2.64. The molecule has 0 bridgehead atoms. The standard InChI is InChI=1S/C21H32N4/c1-16(14-19-8-6-5-7-9-19)25-12-10-20(11-13-25)22-15-21-17(2)23-24(4)18(21)3/h5-9,16,20,22H,10-15H2,1-4H3. The van der Waals surface area contributed by atoms with Crippen molar-refractivity contribution in [3.63, 3.8) is 0 Å². The Bertz CT molecular complexity index is 669. The lowest BCUT2D eigenvalue weighted by Crippen LogP contribution is -2.46. The molecule has 2 aromatic rings. The molecule has 1 aromatic heterocycles. The molecule has 1 unspecified atom stereocenters. The van der Waals surface area contributed by atoms with Gasteiger partial charge in [0.2, 0.25) is 0 Å². The third-order valence-corrected chi connectivity index (χ3v) is 5.75. The van der Waals surface area contributed by atoms with Crippen LogP contribution in [0.2, 0.25) is 0 Å². The zero-order valence-corrected chi connectivity index (χ0v) is 16.1. The molecule has 0 aliphatic carbocycles. The molecule has 1 aliphatic heterocycles. The lowest BCUT2D eigenvalue weighted by molar-refractivity contribution is 0.151. The largest absolute Gasteiger partial charge is 0.310 e. The number of benzene rings is 1. The van der Waals surface area contributed by atoms with E-state index in [0.29, 0.717) is 12.1 Å². The van der Waals surface area contributed by atoms with Gasteiger partial charge in [0.25, 0.3) is 0 Å². The number of piperidine rings is 1. The molecule has 1 atom stereocenters. The average molecular weight is 341 g/mol. The average Bonchev–Trinajstić information content (AvgIpc) is 2.86. The summed E-state index contributed by atoms with van der Waals surface area (Å²) in [5.41, 5.74) is 5.24. The molecule has 3 rings (SSSR count). The van der Waals surface area contributed by atoms with E-state index in [2.05, 4.69) is 66.4 Å². The first-order valence-corrected chi connectivity index (χ1v) is 9.55. The van der Waals surface area contributed by atoms with E-state index in [9.17, 15) is 0 Å². The highest BCUT2D eigenvalue weighted by Gasteiger charge is 2.23. The minimum absolute atomic E-state index is 0.617. The van der Waals surface area contributed by atoms with Gasteiger partial charge in [-0.25, -0.2) is 0 Å². The van der Waals surface area contributed by atoms with Crippen molar-refractivity contribution in [3.8, 4) is 0 Å². The van der Waals surface area contributed by atoms with Crippen LogP contribution in [0.3, 0.4) is 0 Å². The number of hydrogen-bond acceptors (Lipinski definition) is 3. The Balaban J connectivity index is 1.45. The van der Waals surface area contributed by atoms with Crippen LogP contribution < -0.4 is 5.32 Å². The van der Waals surface area contributed by atoms with Gasteiger partial charge in [-0.3, -0.25) is 4.68 Å². The van der Waals surface area contributed by atoms with Crippen molar-refractivity contribution < 1.29 is 0 Å². The molecule has 0 amide bonds. The number of rotatable bonds is 6. The van der Waals surface area contributed by atoms with Gasteiger partial charge in [0, 0.05) is 36.9 Å². The van der Waals surface area contributed by atoms with Crippen molar-refractivity contribution in [1.29, 1.82) is 0 Å². The molecule has 1 fully saturated rings. The molecule has 4 heteroatoms. The first-order chi connectivity index (χ1) is 12.0. The highest BCUT2D eigenvalue weighted by Crippen LogP contribution is 2.18. The van der Waals surface area contributed by atoms with Crippen LogP contribution in [0.4, 0.5) is 0 Å². The summed E-state index contributed by atoms with van der Waals surface area (Å²) in [5, 5.41) is 8.28. The van der Waals surface area contributed by atoms with Crippen molar-refractivity contribution in [2.24, 2.45) is 7.05 Å². The Morgan fingerprint density at radius 3 is 2.44 bits per heavy atom. The van der Waals surface area contributed by atoms with Crippen LogP contribution in [0.1, 0.15) is 42.3 Å². The van der Waals surface area contributed by atoms with E-state index in [1.54, 1.807) is 0 Å². The zero-order valence-electron chi connectivity index (χ0n) is 16.1. The number of likely N-dealkylation sites (tertiary alicyclic amines) is 1. The van der Waals surface area contributed by atoms with E-state index >= 15 is 0 Å². The van der Waals surface area contributed by atoms with Crippen molar-refractivity contribution in [3.05, 3.63) is 52.8 Å². The number of aryl methyl sites for hydroxylation is 2. The normalized spacial score (nSPS) is 17.8. The third-order valence-electron chi connectivity index (χ3n) is 5.75. The number of nitrogens with zero attached hydrogens (tertiary/aromatic N) is 3. The van der Waals surface area contributed by atoms with E-state index < -0.39 is 0 Å². The van der Waals surface area contributed by atoms with Gasteiger partial charge in [0.15, 0.2) is 0 Å². The number of hydrogen-bond donors (Lipinski definition) is 1. The van der Waals surface area contributed by atoms with E-state index in [0.717, 1.165) is 18.7 Å². The zero-order chi connectivity index (χ0) is 17.8. The van der Waals surface area contributed by atoms with Crippen LogP contribution in [-0.2, 0) is 20.0 Å². The summed E-state index contributed by atoms with van der Waals surface area (Å²) >= 11 is 0. The molecule has 1 N–H and O–H groups in total. The molecular formula is C21H32N4. The number of aromatic nitrogens is 2. The minimum Gasteiger partial charge on any atom is -0.310 e. The van der Waals surface area contributed by atoms with Gasteiger partial charge in [-0.1, -0.05) is 30.3 Å². The molecule has 0 saturated carbocycles. The van der Waals surface area contributed by atoms with Gasteiger partial charge in [0.1, 0.15) is 0 Å². The molecule has 1 aromatic carbocycles. The summed E-state index contributed by atoms with van der Waals surface area (Å²) in [6.45, 7) is 9.95. The summed E-state index contributed by atoms with van der Waals surface area (Å²) in [7, 11) is 2.03. The van der Waals surface area contributed by atoms with Crippen LogP contribution in [0.5, 0.6) is 0 Å². The van der Waals surface area contributed by atoms with E-state index in [-0.39, 0.29) is 0 Å². The molecule has 4 nitrogen and oxygen atoms in total. The summed E-state index contributed by atoms with van der Waals surface area (Å²) in [5.74, 6) is 0. The highest BCUT2D eigenvalue weighted by molar-refractivity contribution is 5.24. The van der Waals surface area contributed by atoms with Crippen LogP contribution in [-0.4, -0.2) is 39.9 Å². The Kier molecular flexibility index (Phi) is 5.92. The van der Waals surface area contributed by atoms with Gasteiger partial charge in [0.05, 0.1) is 5.69 Å². The van der Waals surface area contributed by atoms with Gasteiger partial charge in [-0.15, -0.1) is 0 Å². The predicted molar refractivity (Wildman–Crippen MR) is 104 cm³/mol. The lowest BCUT2D eigenvalue weighted by Gasteiger charge is -2.36. The van der Waals surface area contributed by atoms with Crippen LogP contribution in [0.25, 0.3) is 0 Å². The molecule has 0 spiro atoms. The van der Waals surface area contributed by atoms with E-state index in [4.69, 9.17) is 0 Å². The second-order valence-electron chi connectivity index (χ2n) is 7.50. The van der Waals surface area contributed by atoms with Crippen LogP contribution in [0, 0.1) is 13.8 Å². The van der Waals surface area contributed by atoms with Crippen molar-refractivity contribution in [2.45, 2.75) is 58.7 Å². The first kappa shape index (κ1) is 18.2. The van der Waals surface area contributed by atoms with Gasteiger partial charge >= 0.3 is 0 Å². The molecular weight excluding hydrogens is 308 g/mol. The fourth-order valence-corrected chi connectivity index (χ4v) is 3.95. The second-order valence-corrected chi connectivity index (χ2v) is 7.50. The summed E-state index contributed by atoms with van der Waals surface area (Å²) in [6.07, 6.45) is 3.61. The van der Waals surface area contributed by atoms with Gasteiger partial charge in [-0.05, 0) is 58.7 Å². The van der Waals surface area contributed by atoms with E-state index in [1.165, 1.54) is 42.8 Å². The van der Waals surface area contributed by atoms with Crippen molar-refractivity contribution in [2.75, 3.05) is 13.1 Å². The Morgan fingerprint density at radius 2 is 1.84 bits per heavy atom. The predicted octanol–water partition coefficient (Wildman–Crippen LogP) is 3.22. The smallest absolute Gasteiger partial charge is 0.0641 e. The Hall–Kier alpha value is -1.65. The Labute approximate surface area is 152 Å². The monoisotopic (exact) mass is 340 g/mol. The number of nitrogens with one attached hydrogen (secondary N) is 1. The maximum absolute atomic E-state index is 4.52. The highest BCUT2D eigenvalue weighted by atomic mass is 15.3. The topological polar surface area (TPSA) is 33.1 Å². The molecule has 136 valence electrons. The fourth-order valence-electron chi connectivity index (χ4n) is 3.95. The van der Waals surface area contributed by atoms with Crippen LogP contribution in [0.15, 0.2) is 30.3 Å². The quantitative estimate of drug-likeness (QED) is 0.876. The molecule has 0 radical (unpaired) electrons. The summed E-state index contributed by atoms with van der Waals surface area (Å²) in [6, 6.07) is 12.1. The molecule has 2 heterocycles. The molecule has 25 heavy (non-hydrogen) atoms. The van der Waals surface area contributed by atoms with Crippen LogP contribution >= 0.6 is 0 Å². The second kappa shape index (κ2) is 8.15. The third kappa shape index (κ3) is 4.50. The molecule has 1 aliphatic rings. The van der Waals surface area contributed by atoms with Gasteiger partial charge < -0.3 is 10.2 Å². The minimum atomic E-state index is 0.617. The molecule has 1 saturated heterocycles. The lowest BCUT2D eigenvalue weighted by atomic mass is 10.00.